The summed E-state index contributed by atoms with van der Waals surface area (Å²) in [6.07, 6.45) is 0.773. The van der Waals surface area contributed by atoms with Gasteiger partial charge in [-0.3, -0.25) is 4.90 Å². The van der Waals surface area contributed by atoms with E-state index in [0.29, 0.717) is 12.1 Å². The fourth-order valence-electron chi connectivity index (χ4n) is 3.08. The number of benzene rings is 1. The fourth-order valence-corrected chi connectivity index (χ4v) is 3.08. The predicted molar refractivity (Wildman–Crippen MR) is 93.4 cm³/mol. The van der Waals surface area contributed by atoms with Crippen LogP contribution in [0, 0.1) is 0 Å². The van der Waals surface area contributed by atoms with E-state index in [1.165, 1.54) is 5.56 Å². The van der Waals surface area contributed by atoms with Crippen molar-refractivity contribution in [1.29, 1.82) is 0 Å². The summed E-state index contributed by atoms with van der Waals surface area (Å²) >= 11 is 0. The van der Waals surface area contributed by atoms with Crippen LogP contribution in [0.5, 0.6) is 0 Å². The summed E-state index contributed by atoms with van der Waals surface area (Å²) in [4.78, 5) is 16.6. The Kier molecular flexibility index (Phi) is 5.69. The molecular formula is C19H30N2O2. The quantitative estimate of drug-likeness (QED) is 0.824. The van der Waals surface area contributed by atoms with E-state index >= 15 is 0 Å². The minimum Gasteiger partial charge on any atom is -0.444 e. The van der Waals surface area contributed by atoms with Gasteiger partial charge in [-0.15, -0.1) is 0 Å². The number of hydrogen-bond donors (Lipinski definition) is 0. The van der Waals surface area contributed by atoms with Gasteiger partial charge in [-0.2, -0.15) is 0 Å². The van der Waals surface area contributed by atoms with Crippen molar-refractivity contribution in [2.24, 2.45) is 0 Å². The molecule has 1 aromatic carbocycles. The molecule has 0 aromatic heterocycles. The van der Waals surface area contributed by atoms with Gasteiger partial charge < -0.3 is 9.64 Å². The first-order valence-corrected chi connectivity index (χ1v) is 8.56. The van der Waals surface area contributed by atoms with Crippen LogP contribution < -0.4 is 0 Å². The molecule has 1 fully saturated rings. The lowest BCUT2D eigenvalue weighted by Gasteiger charge is -2.33. The summed E-state index contributed by atoms with van der Waals surface area (Å²) in [6.45, 7) is 12.6. The van der Waals surface area contributed by atoms with E-state index in [4.69, 9.17) is 4.74 Å². The predicted octanol–water partition coefficient (Wildman–Crippen LogP) is 4.08. The van der Waals surface area contributed by atoms with Gasteiger partial charge in [0.2, 0.25) is 0 Å². The second-order valence-corrected chi connectivity index (χ2v) is 7.43. The number of rotatable bonds is 2. The average Bonchev–Trinajstić information content (AvgIpc) is 2.68. The summed E-state index contributed by atoms with van der Waals surface area (Å²) in [5.74, 6) is 0. The van der Waals surface area contributed by atoms with E-state index in [2.05, 4.69) is 43.0 Å². The van der Waals surface area contributed by atoms with E-state index < -0.39 is 5.60 Å². The standard InChI is InChI=1S/C19H30N2O2/c1-15-11-12-20(18(22)23-19(3,4)5)13-14-21(15)16(2)17-9-7-6-8-10-17/h6-10,15-16H,11-14H2,1-5H3/t15-,16-/m1/s1. The van der Waals surface area contributed by atoms with Gasteiger partial charge in [0.25, 0.3) is 0 Å². The van der Waals surface area contributed by atoms with Crippen molar-refractivity contribution < 1.29 is 9.53 Å². The van der Waals surface area contributed by atoms with Crippen LogP contribution in [0.4, 0.5) is 4.79 Å². The number of carbonyl (C=O) groups excluding carboxylic acids is 1. The van der Waals surface area contributed by atoms with Gasteiger partial charge in [0.05, 0.1) is 0 Å². The van der Waals surface area contributed by atoms with Gasteiger partial charge in [-0.05, 0) is 46.6 Å². The molecule has 0 aliphatic carbocycles. The Morgan fingerprint density at radius 2 is 1.83 bits per heavy atom. The number of amides is 1. The number of hydrogen-bond acceptors (Lipinski definition) is 3. The molecule has 0 saturated carbocycles. The molecule has 1 heterocycles. The first-order valence-electron chi connectivity index (χ1n) is 8.56. The van der Waals surface area contributed by atoms with E-state index in [0.717, 1.165) is 26.1 Å². The summed E-state index contributed by atoms with van der Waals surface area (Å²) in [7, 11) is 0. The van der Waals surface area contributed by atoms with Crippen molar-refractivity contribution in [2.75, 3.05) is 19.6 Å². The molecule has 2 atom stereocenters. The summed E-state index contributed by atoms with van der Waals surface area (Å²) in [5, 5.41) is 0. The normalized spacial score (nSPS) is 21.6. The Balaban J connectivity index is 2.02. The van der Waals surface area contributed by atoms with Crippen molar-refractivity contribution in [3.63, 3.8) is 0 Å². The highest BCUT2D eigenvalue weighted by atomic mass is 16.6. The molecule has 1 aliphatic heterocycles. The zero-order chi connectivity index (χ0) is 17.0. The van der Waals surface area contributed by atoms with Crippen molar-refractivity contribution in [2.45, 2.75) is 58.7 Å². The highest BCUT2D eigenvalue weighted by molar-refractivity contribution is 5.68. The van der Waals surface area contributed by atoms with Crippen LogP contribution in [0.3, 0.4) is 0 Å². The molecular weight excluding hydrogens is 288 g/mol. The lowest BCUT2D eigenvalue weighted by Crippen LogP contribution is -2.40. The monoisotopic (exact) mass is 318 g/mol. The highest BCUT2D eigenvalue weighted by Crippen LogP contribution is 2.25. The van der Waals surface area contributed by atoms with Gasteiger partial charge >= 0.3 is 6.09 Å². The third-order valence-corrected chi connectivity index (χ3v) is 4.44. The number of nitrogens with zero attached hydrogens (tertiary/aromatic N) is 2. The highest BCUT2D eigenvalue weighted by Gasteiger charge is 2.29. The van der Waals surface area contributed by atoms with E-state index in [9.17, 15) is 4.79 Å². The van der Waals surface area contributed by atoms with Crippen LogP contribution in [0.1, 0.15) is 52.6 Å². The van der Waals surface area contributed by atoms with Crippen LogP contribution in [-0.2, 0) is 4.74 Å². The Bertz CT molecular complexity index is 510. The van der Waals surface area contributed by atoms with Crippen molar-refractivity contribution in [1.82, 2.24) is 9.80 Å². The Morgan fingerprint density at radius 3 is 2.43 bits per heavy atom. The fraction of sp³-hybridized carbons (Fsp3) is 0.632. The van der Waals surface area contributed by atoms with Crippen LogP contribution in [0.15, 0.2) is 30.3 Å². The third kappa shape index (κ3) is 4.96. The maximum atomic E-state index is 12.3. The second-order valence-electron chi connectivity index (χ2n) is 7.43. The van der Waals surface area contributed by atoms with Crippen molar-refractivity contribution in [3.8, 4) is 0 Å². The Hall–Kier alpha value is -1.55. The molecule has 4 heteroatoms. The summed E-state index contributed by atoms with van der Waals surface area (Å²) < 4.78 is 5.52. The maximum Gasteiger partial charge on any atom is 0.410 e. The topological polar surface area (TPSA) is 32.8 Å². The maximum absolute atomic E-state index is 12.3. The minimum atomic E-state index is -0.438. The zero-order valence-corrected chi connectivity index (χ0v) is 15.1. The van der Waals surface area contributed by atoms with Crippen LogP contribution >= 0.6 is 0 Å². The second kappa shape index (κ2) is 7.35. The molecule has 4 nitrogen and oxygen atoms in total. The molecule has 0 N–H and O–H groups in total. The molecule has 1 amide bonds. The smallest absolute Gasteiger partial charge is 0.410 e. The van der Waals surface area contributed by atoms with Crippen molar-refractivity contribution >= 4 is 6.09 Å². The first kappa shape index (κ1) is 17.8. The largest absolute Gasteiger partial charge is 0.444 e. The minimum absolute atomic E-state index is 0.195. The lowest BCUT2D eigenvalue weighted by molar-refractivity contribution is 0.0255. The lowest BCUT2D eigenvalue weighted by atomic mass is 10.0. The molecule has 1 aromatic rings. The van der Waals surface area contributed by atoms with Gasteiger partial charge in [0.1, 0.15) is 5.60 Å². The Morgan fingerprint density at radius 1 is 1.17 bits per heavy atom. The molecule has 2 rings (SSSR count). The Labute approximate surface area is 140 Å². The van der Waals surface area contributed by atoms with Gasteiger partial charge in [0, 0.05) is 31.7 Å². The molecule has 0 unspecified atom stereocenters. The van der Waals surface area contributed by atoms with Crippen molar-refractivity contribution in [3.05, 3.63) is 35.9 Å². The molecule has 0 bridgehead atoms. The molecule has 0 spiro atoms. The SMILES string of the molecule is C[C@@H]1CCN(C(=O)OC(C)(C)C)CCN1[C@H](C)c1ccccc1. The van der Waals surface area contributed by atoms with E-state index in [-0.39, 0.29) is 6.09 Å². The van der Waals surface area contributed by atoms with Gasteiger partial charge in [-0.25, -0.2) is 4.79 Å². The first-order chi connectivity index (χ1) is 10.8. The van der Waals surface area contributed by atoms with Crippen LogP contribution in [0.25, 0.3) is 0 Å². The summed E-state index contributed by atoms with van der Waals surface area (Å²) in [6, 6.07) is 11.4. The van der Waals surface area contributed by atoms with Crippen LogP contribution in [-0.4, -0.2) is 47.2 Å². The molecule has 0 radical (unpaired) electrons. The molecule has 128 valence electrons. The molecule has 1 aliphatic rings. The van der Waals surface area contributed by atoms with E-state index in [1.807, 2.05) is 31.7 Å². The summed E-state index contributed by atoms with van der Waals surface area (Å²) in [5.41, 5.74) is 0.886. The molecule has 1 saturated heterocycles. The van der Waals surface area contributed by atoms with E-state index in [1.54, 1.807) is 0 Å². The van der Waals surface area contributed by atoms with Gasteiger partial charge in [0.15, 0.2) is 0 Å². The van der Waals surface area contributed by atoms with Gasteiger partial charge in [-0.1, -0.05) is 30.3 Å². The molecule has 23 heavy (non-hydrogen) atoms. The van der Waals surface area contributed by atoms with Crippen LogP contribution in [0.2, 0.25) is 0 Å². The zero-order valence-electron chi connectivity index (χ0n) is 15.1. The number of ether oxygens (including phenoxy) is 1. The third-order valence-electron chi connectivity index (χ3n) is 4.44. The number of carbonyl (C=O) groups is 1. The average molecular weight is 318 g/mol.